The number of nitrogens with zero attached hydrogens (tertiary/aromatic N) is 1. The Morgan fingerprint density at radius 2 is 1.95 bits per heavy atom. The van der Waals surface area contributed by atoms with E-state index >= 15 is 0 Å². The molecule has 3 nitrogen and oxygen atoms in total. The number of amides is 1. The average molecular weight is 348 g/mol. The highest BCUT2D eigenvalue weighted by Gasteiger charge is 2.28. The molecule has 1 aliphatic heterocycles. The first kappa shape index (κ1) is 13.9. The Morgan fingerprint density at radius 3 is 2.76 bits per heavy atom. The Kier molecular flexibility index (Phi) is 3.59. The van der Waals surface area contributed by atoms with Crippen LogP contribution in [0.3, 0.4) is 0 Å². The molecule has 0 fully saturated rings. The monoisotopic (exact) mass is 347 g/mol. The lowest BCUT2D eigenvalue weighted by Crippen LogP contribution is -2.37. The molecule has 0 bridgehead atoms. The number of anilines is 1. The van der Waals surface area contributed by atoms with E-state index in [4.69, 9.17) is 0 Å². The van der Waals surface area contributed by atoms with E-state index in [9.17, 15) is 14.0 Å². The minimum absolute atomic E-state index is 0.0213. The maximum atomic E-state index is 13.4. The molecule has 0 N–H and O–H groups in total. The zero-order valence-electron chi connectivity index (χ0n) is 11.0. The van der Waals surface area contributed by atoms with E-state index in [2.05, 4.69) is 15.9 Å². The van der Waals surface area contributed by atoms with Crippen molar-refractivity contribution >= 4 is 33.3 Å². The average Bonchev–Trinajstić information content (AvgIpc) is 2.50. The summed E-state index contributed by atoms with van der Waals surface area (Å²) in [5.74, 6) is -0.766. The molecular weight excluding hydrogens is 337 g/mol. The second kappa shape index (κ2) is 5.41. The predicted molar refractivity (Wildman–Crippen MR) is 81.2 cm³/mol. The van der Waals surface area contributed by atoms with Crippen LogP contribution in [0, 0.1) is 5.82 Å². The van der Waals surface area contributed by atoms with Gasteiger partial charge in [-0.15, -0.1) is 0 Å². The first-order valence-corrected chi connectivity index (χ1v) is 7.26. The van der Waals surface area contributed by atoms with Crippen molar-refractivity contribution in [2.45, 2.75) is 6.42 Å². The van der Waals surface area contributed by atoms with Crippen molar-refractivity contribution in [3.05, 3.63) is 63.9 Å². The topological polar surface area (TPSA) is 37.4 Å². The third-order valence-corrected chi connectivity index (χ3v) is 4.15. The fourth-order valence-corrected chi connectivity index (χ4v) is 2.85. The SMILES string of the molecule is O=C1CCN(C(=O)c2cc(F)ccc2Br)c2ccccc21. The van der Waals surface area contributed by atoms with Gasteiger partial charge in [0.15, 0.2) is 5.78 Å². The van der Waals surface area contributed by atoms with Gasteiger partial charge in [0.2, 0.25) is 0 Å². The lowest BCUT2D eigenvalue weighted by Gasteiger charge is -2.29. The number of hydrogen-bond donors (Lipinski definition) is 0. The van der Waals surface area contributed by atoms with Gasteiger partial charge >= 0.3 is 0 Å². The molecular formula is C16H11BrFNO2. The van der Waals surface area contributed by atoms with Crippen LogP contribution in [-0.2, 0) is 0 Å². The van der Waals surface area contributed by atoms with E-state index in [-0.39, 0.29) is 23.7 Å². The summed E-state index contributed by atoms with van der Waals surface area (Å²) in [6.07, 6.45) is 0.274. The van der Waals surface area contributed by atoms with E-state index in [1.165, 1.54) is 23.1 Å². The van der Waals surface area contributed by atoms with Crippen molar-refractivity contribution in [3.63, 3.8) is 0 Å². The molecule has 106 valence electrons. The molecule has 1 aliphatic rings. The number of halogens is 2. The van der Waals surface area contributed by atoms with Crippen LogP contribution < -0.4 is 4.90 Å². The minimum atomic E-state index is -0.470. The Labute approximate surface area is 129 Å². The Bertz CT molecular complexity index is 745. The second-order valence-electron chi connectivity index (χ2n) is 4.77. The Balaban J connectivity index is 2.05. The van der Waals surface area contributed by atoms with E-state index in [1.54, 1.807) is 24.3 Å². The molecule has 21 heavy (non-hydrogen) atoms. The minimum Gasteiger partial charge on any atom is -0.307 e. The number of hydrogen-bond acceptors (Lipinski definition) is 2. The third kappa shape index (κ3) is 2.49. The molecule has 0 unspecified atom stereocenters. The van der Waals surface area contributed by atoms with E-state index in [0.29, 0.717) is 22.3 Å². The molecule has 0 saturated heterocycles. The van der Waals surface area contributed by atoms with Crippen LogP contribution in [0.5, 0.6) is 0 Å². The number of rotatable bonds is 1. The van der Waals surface area contributed by atoms with Gasteiger partial charge in [-0.2, -0.15) is 0 Å². The van der Waals surface area contributed by atoms with E-state index < -0.39 is 5.82 Å². The van der Waals surface area contributed by atoms with Crippen LogP contribution >= 0.6 is 15.9 Å². The van der Waals surface area contributed by atoms with E-state index in [0.717, 1.165) is 0 Å². The number of carbonyl (C=O) groups excluding carboxylic acids is 2. The summed E-state index contributed by atoms with van der Waals surface area (Å²) in [6.45, 7) is 0.303. The molecule has 1 amide bonds. The van der Waals surface area contributed by atoms with Crippen molar-refractivity contribution in [1.29, 1.82) is 0 Å². The molecule has 0 radical (unpaired) electrons. The quantitative estimate of drug-likeness (QED) is 0.786. The Hall–Kier alpha value is -2.01. The fourth-order valence-electron chi connectivity index (χ4n) is 2.43. The summed E-state index contributed by atoms with van der Waals surface area (Å²) < 4.78 is 13.9. The molecule has 0 atom stereocenters. The summed E-state index contributed by atoms with van der Waals surface area (Å²) in [6, 6.07) is 11.0. The maximum Gasteiger partial charge on any atom is 0.259 e. The van der Waals surface area contributed by atoms with Gasteiger partial charge in [0.25, 0.3) is 5.91 Å². The fraction of sp³-hybridized carbons (Fsp3) is 0.125. The lowest BCUT2D eigenvalue weighted by atomic mass is 9.99. The molecule has 5 heteroatoms. The number of para-hydroxylation sites is 1. The molecule has 0 aliphatic carbocycles. The van der Waals surface area contributed by atoms with Crippen molar-refractivity contribution < 1.29 is 14.0 Å². The van der Waals surface area contributed by atoms with Gasteiger partial charge in [0, 0.05) is 23.0 Å². The van der Waals surface area contributed by atoms with Crippen molar-refractivity contribution in [2.24, 2.45) is 0 Å². The van der Waals surface area contributed by atoms with Crippen molar-refractivity contribution in [3.8, 4) is 0 Å². The highest BCUT2D eigenvalue weighted by Crippen LogP contribution is 2.29. The van der Waals surface area contributed by atoms with Gasteiger partial charge in [-0.25, -0.2) is 4.39 Å². The molecule has 1 heterocycles. The van der Waals surface area contributed by atoms with Gasteiger partial charge in [-0.3, -0.25) is 9.59 Å². The third-order valence-electron chi connectivity index (χ3n) is 3.46. The van der Waals surface area contributed by atoms with Crippen LogP contribution in [0.1, 0.15) is 27.1 Å². The van der Waals surface area contributed by atoms with Gasteiger partial charge in [-0.1, -0.05) is 12.1 Å². The first-order valence-electron chi connectivity index (χ1n) is 6.47. The second-order valence-corrected chi connectivity index (χ2v) is 5.63. The largest absolute Gasteiger partial charge is 0.307 e. The van der Waals surface area contributed by atoms with Crippen LogP contribution in [0.4, 0.5) is 10.1 Å². The van der Waals surface area contributed by atoms with Crippen LogP contribution in [0.2, 0.25) is 0 Å². The predicted octanol–water partition coefficient (Wildman–Crippen LogP) is 3.82. The Morgan fingerprint density at radius 1 is 1.19 bits per heavy atom. The summed E-state index contributed by atoms with van der Waals surface area (Å²) in [5.41, 5.74) is 1.36. The van der Waals surface area contributed by atoms with Gasteiger partial charge in [0.1, 0.15) is 5.82 Å². The molecule has 2 aromatic carbocycles. The highest BCUT2D eigenvalue weighted by molar-refractivity contribution is 9.10. The molecule has 0 saturated carbocycles. The lowest BCUT2D eigenvalue weighted by molar-refractivity contribution is 0.0954. The zero-order valence-corrected chi connectivity index (χ0v) is 12.6. The van der Waals surface area contributed by atoms with Crippen molar-refractivity contribution in [1.82, 2.24) is 0 Å². The van der Waals surface area contributed by atoms with Gasteiger partial charge < -0.3 is 4.90 Å². The van der Waals surface area contributed by atoms with E-state index in [1.807, 2.05) is 0 Å². The molecule has 2 aromatic rings. The summed E-state index contributed by atoms with van der Waals surface area (Å²) in [4.78, 5) is 26.1. The van der Waals surface area contributed by atoms with Crippen LogP contribution in [0.25, 0.3) is 0 Å². The standard InChI is InChI=1S/C16H11BrFNO2/c17-13-6-5-10(18)9-12(13)16(21)19-8-7-15(20)11-3-1-2-4-14(11)19/h1-6,9H,7-8H2. The zero-order chi connectivity index (χ0) is 15.0. The summed E-state index contributed by atoms with van der Waals surface area (Å²) >= 11 is 3.27. The number of ketones is 1. The number of fused-ring (bicyclic) bond motifs is 1. The number of benzene rings is 2. The molecule has 3 rings (SSSR count). The molecule has 0 spiro atoms. The van der Waals surface area contributed by atoms with Crippen LogP contribution in [-0.4, -0.2) is 18.2 Å². The highest BCUT2D eigenvalue weighted by atomic mass is 79.9. The van der Waals surface area contributed by atoms with Crippen molar-refractivity contribution in [2.75, 3.05) is 11.4 Å². The number of carbonyl (C=O) groups is 2. The number of Topliss-reactive ketones (excluding diaryl/α,β-unsaturated/α-hetero) is 1. The first-order chi connectivity index (χ1) is 10.1. The van der Waals surface area contributed by atoms with Gasteiger partial charge in [0.05, 0.1) is 11.3 Å². The molecule has 0 aromatic heterocycles. The normalized spacial score (nSPS) is 14.0. The summed E-state index contributed by atoms with van der Waals surface area (Å²) in [5, 5.41) is 0. The smallest absolute Gasteiger partial charge is 0.259 e. The maximum absolute atomic E-state index is 13.4. The summed E-state index contributed by atoms with van der Waals surface area (Å²) in [7, 11) is 0. The van der Waals surface area contributed by atoms with Crippen LogP contribution in [0.15, 0.2) is 46.9 Å². The van der Waals surface area contributed by atoms with Gasteiger partial charge in [-0.05, 0) is 46.3 Å².